The summed E-state index contributed by atoms with van der Waals surface area (Å²) in [4.78, 5) is 23.8. The molecule has 2 amide bonds. The lowest BCUT2D eigenvalue weighted by atomic mass is 10.2. The maximum atomic E-state index is 12.0. The van der Waals surface area contributed by atoms with Gasteiger partial charge in [0.2, 0.25) is 0 Å². The first-order chi connectivity index (χ1) is 15.0. The molecule has 31 heavy (non-hydrogen) atoms. The van der Waals surface area contributed by atoms with E-state index < -0.39 is 5.91 Å². The van der Waals surface area contributed by atoms with E-state index in [9.17, 15) is 9.59 Å². The molecule has 158 valence electrons. The molecular weight excluding hydrogens is 437 g/mol. The molecule has 3 aromatic carbocycles. The number of nitrogens with one attached hydrogen (secondary N) is 2. The number of hydrogen-bond acceptors (Lipinski definition) is 4. The molecule has 2 N–H and O–H groups in total. The number of hydrogen-bond donors (Lipinski definition) is 2. The van der Waals surface area contributed by atoms with Crippen molar-refractivity contribution in [2.45, 2.75) is 6.61 Å². The Morgan fingerprint density at radius 1 is 0.871 bits per heavy atom. The van der Waals surface area contributed by atoms with E-state index in [1.807, 2.05) is 48.5 Å². The number of ether oxygens (including phenoxy) is 1. The molecule has 0 atom stereocenters. The average Bonchev–Trinajstić information content (AvgIpc) is 2.78. The number of rotatable bonds is 8. The summed E-state index contributed by atoms with van der Waals surface area (Å²) in [7, 11) is 0. The Morgan fingerprint density at radius 3 is 2.13 bits per heavy atom. The smallest absolute Gasteiger partial charge is 0.259 e. The molecule has 0 bridgehead atoms. The van der Waals surface area contributed by atoms with Crippen molar-refractivity contribution >= 4 is 41.2 Å². The van der Waals surface area contributed by atoms with E-state index in [0.29, 0.717) is 28.0 Å². The normalized spacial score (nSPS) is 10.6. The first-order valence-electron chi connectivity index (χ1n) is 9.32. The minimum atomic E-state index is -0.443. The molecule has 0 aromatic heterocycles. The molecule has 6 nitrogen and oxygen atoms in total. The van der Waals surface area contributed by atoms with Crippen molar-refractivity contribution in [3.63, 3.8) is 0 Å². The Balaban J connectivity index is 1.40. The Labute approximate surface area is 189 Å². The molecule has 0 aliphatic rings. The van der Waals surface area contributed by atoms with Gasteiger partial charge in [0.15, 0.2) is 0 Å². The van der Waals surface area contributed by atoms with Crippen molar-refractivity contribution in [2.75, 3.05) is 6.54 Å². The summed E-state index contributed by atoms with van der Waals surface area (Å²) in [6.07, 6.45) is 1.50. The van der Waals surface area contributed by atoms with Crippen LogP contribution in [0.1, 0.15) is 21.5 Å². The van der Waals surface area contributed by atoms with Gasteiger partial charge in [-0.05, 0) is 71.8 Å². The van der Waals surface area contributed by atoms with Crippen molar-refractivity contribution in [1.29, 1.82) is 0 Å². The van der Waals surface area contributed by atoms with Crippen molar-refractivity contribution in [2.24, 2.45) is 5.10 Å². The standard InChI is InChI=1S/C23H19Cl2N3O3/c24-19-7-1-17(2-8-19)15-31-21-11-3-16(4-12-21)13-27-28-22(29)14-26-23(30)18-5-9-20(25)10-6-18/h1-13H,14-15H2,(H,26,30)(H,28,29)/b27-13+. The summed E-state index contributed by atoms with van der Waals surface area (Å²) in [5, 5.41) is 7.62. The predicted molar refractivity (Wildman–Crippen MR) is 122 cm³/mol. The fourth-order valence-electron chi connectivity index (χ4n) is 2.48. The highest BCUT2D eigenvalue weighted by Gasteiger charge is 2.07. The van der Waals surface area contributed by atoms with Crippen molar-refractivity contribution < 1.29 is 14.3 Å². The third-order valence-corrected chi connectivity index (χ3v) is 4.62. The van der Waals surface area contributed by atoms with Gasteiger partial charge in [0.1, 0.15) is 12.4 Å². The van der Waals surface area contributed by atoms with E-state index >= 15 is 0 Å². The zero-order valence-corrected chi connectivity index (χ0v) is 17.9. The van der Waals surface area contributed by atoms with E-state index in [1.165, 1.54) is 6.21 Å². The average molecular weight is 456 g/mol. The second kappa shape index (κ2) is 11.2. The highest BCUT2D eigenvalue weighted by atomic mass is 35.5. The van der Waals surface area contributed by atoms with Gasteiger partial charge in [0.05, 0.1) is 12.8 Å². The predicted octanol–water partition coefficient (Wildman–Crippen LogP) is 4.45. The van der Waals surface area contributed by atoms with E-state index in [4.69, 9.17) is 27.9 Å². The molecule has 0 saturated carbocycles. The van der Waals surface area contributed by atoms with Gasteiger partial charge >= 0.3 is 0 Å². The van der Waals surface area contributed by atoms with Crippen LogP contribution in [0.4, 0.5) is 0 Å². The van der Waals surface area contributed by atoms with Crippen LogP contribution in [-0.2, 0) is 11.4 Å². The molecule has 0 fully saturated rings. The molecule has 8 heteroatoms. The third kappa shape index (κ3) is 7.44. The molecule has 3 aromatic rings. The summed E-state index contributed by atoms with van der Waals surface area (Å²) in [6, 6.07) is 21.1. The molecule has 0 aliphatic heterocycles. The number of halogens is 2. The summed E-state index contributed by atoms with van der Waals surface area (Å²) in [5.41, 5.74) is 4.58. The summed E-state index contributed by atoms with van der Waals surface area (Å²) in [5.74, 6) is -0.104. The molecule has 0 spiro atoms. The van der Waals surface area contributed by atoms with Crippen molar-refractivity contribution in [3.8, 4) is 5.75 Å². The van der Waals surface area contributed by atoms with Gasteiger partial charge in [0.25, 0.3) is 11.8 Å². The highest BCUT2D eigenvalue weighted by Crippen LogP contribution is 2.15. The number of amides is 2. The van der Waals surface area contributed by atoms with Crippen LogP contribution in [0.3, 0.4) is 0 Å². The minimum absolute atomic E-state index is 0.198. The molecular formula is C23H19Cl2N3O3. The van der Waals surface area contributed by atoms with Gasteiger partial charge in [-0.1, -0.05) is 35.3 Å². The minimum Gasteiger partial charge on any atom is -0.489 e. The van der Waals surface area contributed by atoms with Crippen LogP contribution in [0.25, 0.3) is 0 Å². The van der Waals surface area contributed by atoms with E-state index in [1.54, 1.807) is 24.3 Å². The first kappa shape index (κ1) is 22.3. The fraction of sp³-hybridized carbons (Fsp3) is 0.0870. The molecule has 0 aliphatic carbocycles. The lowest BCUT2D eigenvalue weighted by Crippen LogP contribution is -2.34. The van der Waals surface area contributed by atoms with Crippen molar-refractivity contribution in [3.05, 3.63) is 99.5 Å². The van der Waals surface area contributed by atoms with Crippen LogP contribution >= 0.6 is 23.2 Å². The Kier molecular flexibility index (Phi) is 8.04. The maximum absolute atomic E-state index is 12.0. The van der Waals surface area contributed by atoms with Gasteiger partial charge in [-0.3, -0.25) is 9.59 Å². The van der Waals surface area contributed by atoms with Gasteiger partial charge in [-0.15, -0.1) is 0 Å². The lowest BCUT2D eigenvalue weighted by Gasteiger charge is -2.06. The molecule has 0 heterocycles. The van der Waals surface area contributed by atoms with Crippen LogP contribution in [0.2, 0.25) is 10.0 Å². The molecule has 0 radical (unpaired) electrons. The maximum Gasteiger partial charge on any atom is 0.259 e. The van der Waals surface area contributed by atoms with Crippen LogP contribution < -0.4 is 15.5 Å². The summed E-state index contributed by atoms with van der Waals surface area (Å²) in [6.45, 7) is 0.235. The van der Waals surface area contributed by atoms with Crippen LogP contribution in [0, 0.1) is 0 Å². The number of benzene rings is 3. The van der Waals surface area contributed by atoms with E-state index in [-0.39, 0.29) is 12.5 Å². The largest absolute Gasteiger partial charge is 0.489 e. The van der Waals surface area contributed by atoms with Crippen molar-refractivity contribution in [1.82, 2.24) is 10.7 Å². The quantitative estimate of drug-likeness (QED) is 0.388. The summed E-state index contributed by atoms with van der Waals surface area (Å²) >= 11 is 11.7. The zero-order chi connectivity index (χ0) is 22.1. The monoisotopic (exact) mass is 455 g/mol. The molecule has 0 unspecified atom stereocenters. The third-order valence-electron chi connectivity index (χ3n) is 4.12. The molecule has 3 rings (SSSR count). The van der Waals surface area contributed by atoms with Crippen LogP contribution in [0.15, 0.2) is 77.9 Å². The highest BCUT2D eigenvalue weighted by molar-refractivity contribution is 6.30. The zero-order valence-electron chi connectivity index (χ0n) is 16.3. The van der Waals surface area contributed by atoms with Crippen LogP contribution in [0.5, 0.6) is 5.75 Å². The number of carbonyl (C=O) groups is 2. The summed E-state index contributed by atoms with van der Waals surface area (Å²) < 4.78 is 5.72. The SMILES string of the molecule is O=C(CNC(=O)c1ccc(Cl)cc1)N/N=C/c1ccc(OCc2ccc(Cl)cc2)cc1. The lowest BCUT2D eigenvalue weighted by molar-refractivity contribution is -0.120. The second-order valence-electron chi connectivity index (χ2n) is 6.47. The number of carbonyl (C=O) groups excluding carboxylic acids is 2. The topological polar surface area (TPSA) is 79.8 Å². The number of hydrazone groups is 1. The van der Waals surface area contributed by atoms with Gasteiger partial charge in [0, 0.05) is 15.6 Å². The van der Waals surface area contributed by atoms with Gasteiger partial charge < -0.3 is 10.1 Å². The Hall–Kier alpha value is -3.35. The van der Waals surface area contributed by atoms with Gasteiger partial charge in [-0.2, -0.15) is 5.10 Å². The Bertz CT molecular complexity index is 1050. The number of nitrogens with zero attached hydrogens (tertiary/aromatic N) is 1. The first-order valence-corrected chi connectivity index (χ1v) is 10.1. The Morgan fingerprint density at radius 2 is 1.48 bits per heavy atom. The van der Waals surface area contributed by atoms with E-state index in [2.05, 4.69) is 15.8 Å². The van der Waals surface area contributed by atoms with Gasteiger partial charge in [-0.25, -0.2) is 5.43 Å². The van der Waals surface area contributed by atoms with E-state index in [0.717, 1.165) is 11.1 Å². The van der Waals surface area contributed by atoms with Crippen LogP contribution in [-0.4, -0.2) is 24.6 Å². The second-order valence-corrected chi connectivity index (χ2v) is 7.34. The fourth-order valence-corrected chi connectivity index (χ4v) is 2.73. The molecule has 0 saturated heterocycles.